The summed E-state index contributed by atoms with van der Waals surface area (Å²) in [4.78, 5) is 26.3. The topological polar surface area (TPSA) is 37.4 Å². The third-order valence-electron chi connectivity index (χ3n) is 4.54. The molecule has 0 spiro atoms. The van der Waals surface area contributed by atoms with Gasteiger partial charge in [-0.25, -0.2) is 0 Å². The van der Waals surface area contributed by atoms with Crippen LogP contribution in [-0.2, 0) is 9.59 Å². The third-order valence-corrected chi connectivity index (χ3v) is 7.36. The standard InChI is InChI=1S/C15H19NO2Si/c1-19(2,3)12-9-11-13(12)15(18)16(14(11)17)10-7-5-4-6-8-10/h4-8,11-13H,9H2,1-3H3/t11-,12-,13-/m0/s1. The zero-order valence-corrected chi connectivity index (χ0v) is 12.6. The summed E-state index contributed by atoms with van der Waals surface area (Å²) in [5.74, 6) is -0.0561. The van der Waals surface area contributed by atoms with E-state index < -0.39 is 8.07 Å². The molecule has 0 bridgehead atoms. The maximum Gasteiger partial charge on any atom is 0.237 e. The summed E-state index contributed by atoms with van der Waals surface area (Å²) in [5.41, 5.74) is 1.18. The van der Waals surface area contributed by atoms with Crippen molar-refractivity contribution in [3.63, 3.8) is 0 Å². The van der Waals surface area contributed by atoms with Crippen molar-refractivity contribution >= 4 is 25.6 Å². The minimum absolute atomic E-state index is 0.00991. The fraction of sp³-hybridized carbons (Fsp3) is 0.467. The molecule has 3 rings (SSSR count). The van der Waals surface area contributed by atoms with Crippen molar-refractivity contribution in [3.05, 3.63) is 30.3 Å². The van der Waals surface area contributed by atoms with Crippen molar-refractivity contribution in [2.75, 3.05) is 4.90 Å². The first-order valence-corrected chi connectivity index (χ1v) is 10.4. The second-order valence-electron chi connectivity index (χ2n) is 6.69. The maximum atomic E-state index is 12.6. The Hall–Kier alpha value is -1.42. The van der Waals surface area contributed by atoms with Crippen molar-refractivity contribution in [1.29, 1.82) is 0 Å². The molecule has 1 aromatic carbocycles. The normalized spacial score (nSPS) is 30.3. The first-order valence-electron chi connectivity index (χ1n) is 6.84. The summed E-state index contributed by atoms with van der Waals surface area (Å²) in [5, 5.41) is 0. The van der Waals surface area contributed by atoms with Gasteiger partial charge in [0.05, 0.1) is 17.5 Å². The van der Waals surface area contributed by atoms with Crippen molar-refractivity contribution in [2.45, 2.75) is 31.6 Å². The van der Waals surface area contributed by atoms with Crippen LogP contribution in [0.5, 0.6) is 0 Å². The molecule has 4 heteroatoms. The molecule has 2 aliphatic rings. The van der Waals surface area contributed by atoms with Crippen LogP contribution in [0.3, 0.4) is 0 Å². The summed E-state index contributed by atoms with van der Waals surface area (Å²) < 4.78 is 0. The van der Waals surface area contributed by atoms with E-state index >= 15 is 0 Å². The van der Waals surface area contributed by atoms with Crippen LogP contribution >= 0.6 is 0 Å². The van der Waals surface area contributed by atoms with Gasteiger partial charge in [0.25, 0.3) is 0 Å². The molecule has 2 fully saturated rings. The van der Waals surface area contributed by atoms with Crippen molar-refractivity contribution in [1.82, 2.24) is 0 Å². The molecule has 1 aliphatic heterocycles. The zero-order chi connectivity index (χ0) is 13.8. The molecule has 1 heterocycles. The number of fused-ring (bicyclic) bond motifs is 1. The Morgan fingerprint density at radius 3 is 2.26 bits per heavy atom. The number of amides is 2. The van der Waals surface area contributed by atoms with Crippen LogP contribution in [0.4, 0.5) is 5.69 Å². The first-order chi connectivity index (χ1) is 8.91. The number of carbonyl (C=O) groups excluding carboxylic acids is 2. The average molecular weight is 273 g/mol. The number of hydrogen-bond acceptors (Lipinski definition) is 2. The molecule has 1 saturated heterocycles. The van der Waals surface area contributed by atoms with Gasteiger partial charge in [-0.05, 0) is 24.1 Å². The lowest BCUT2D eigenvalue weighted by Gasteiger charge is -2.44. The maximum absolute atomic E-state index is 12.6. The van der Waals surface area contributed by atoms with E-state index in [1.165, 1.54) is 4.90 Å². The molecule has 3 nitrogen and oxygen atoms in total. The lowest BCUT2D eigenvalue weighted by atomic mass is 9.75. The van der Waals surface area contributed by atoms with E-state index in [2.05, 4.69) is 19.6 Å². The van der Waals surface area contributed by atoms with Gasteiger partial charge in [-0.2, -0.15) is 0 Å². The van der Waals surface area contributed by atoms with Crippen molar-refractivity contribution in [3.8, 4) is 0 Å². The second-order valence-corrected chi connectivity index (χ2v) is 12.2. The Kier molecular flexibility index (Phi) is 2.68. The molecule has 0 unspecified atom stereocenters. The zero-order valence-electron chi connectivity index (χ0n) is 11.6. The first kappa shape index (κ1) is 12.6. The van der Waals surface area contributed by atoms with Crippen LogP contribution in [0.1, 0.15) is 6.42 Å². The Morgan fingerprint density at radius 1 is 1.05 bits per heavy atom. The minimum Gasteiger partial charge on any atom is -0.274 e. The van der Waals surface area contributed by atoms with Gasteiger partial charge in [0.2, 0.25) is 11.8 Å². The number of anilines is 1. The van der Waals surface area contributed by atoms with Gasteiger partial charge in [0, 0.05) is 8.07 Å². The number of benzene rings is 1. The molecule has 1 aromatic rings. The number of nitrogens with zero attached hydrogens (tertiary/aromatic N) is 1. The molecule has 100 valence electrons. The Balaban J connectivity index is 1.92. The van der Waals surface area contributed by atoms with Gasteiger partial charge in [0.15, 0.2) is 0 Å². The predicted octanol–water partition coefficient (Wildman–Crippen LogP) is 2.90. The van der Waals surface area contributed by atoms with E-state index in [1.807, 2.05) is 30.3 Å². The molecule has 1 aliphatic carbocycles. The summed E-state index contributed by atoms with van der Waals surface area (Å²) in [6.45, 7) is 6.87. The van der Waals surface area contributed by atoms with Crippen molar-refractivity contribution in [2.24, 2.45) is 11.8 Å². The molecule has 19 heavy (non-hydrogen) atoms. The van der Waals surface area contributed by atoms with E-state index in [9.17, 15) is 9.59 Å². The molecule has 0 aromatic heterocycles. The van der Waals surface area contributed by atoms with Gasteiger partial charge >= 0.3 is 0 Å². The fourth-order valence-corrected chi connectivity index (χ4v) is 5.81. The molecule has 3 atom stereocenters. The van der Waals surface area contributed by atoms with E-state index in [-0.39, 0.29) is 23.7 Å². The Labute approximate surface area is 114 Å². The largest absolute Gasteiger partial charge is 0.274 e. The molecule has 2 amide bonds. The van der Waals surface area contributed by atoms with E-state index in [0.29, 0.717) is 5.54 Å². The van der Waals surface area contributed by atoms with E-state index in [4.69, 9.17) is 0 Å². The van der Waals surface area contributed by atoms with Gasteiger partial charge in [-0.15, -0.1) is 0 Å². The van der Waals surface area contributed by atoms with Crippen LogP contribution in [0.15, 0.2) is 30.3 Å². The average Bonchev–Trinajstić information content (AvgIpc) is 2.44. The Bertz CT molecular complexity index is 535. The monoisotopic (exact) mass is 273 g/mol. The lowest BCUT2D eigenvalue weighted by molar-refractivity contribution is -0.124. The lowest BCUT2D eigenvalue weighted by Crippen LogP contribution is -2.47. The van der Waals surface area contributed by atoms with Crippen LogP contribution < -0.4 is 4.90 Å². The fourth-order valence-electron chi connectivity index (χ4n) is 3.40. The van der Waals surface area contributed by atoms with Crippen LogP contribution in [0.25, 0.3) is 0 Å². The molecule has 1 saturated carbocycles. The highest BCUT2D eigenvalue weighted by atomic mass is 28.3. The number of carbonyl (C=O) groups is 2. The van der Waals surface area contributed by atoms with Gasteiger partial charge in [-0.1, -0.05) is 37.8 Å². The number of para-hydroxylation sites is 1. The van der Waals surface area contributed by atoms with E-state index in [0.717, 1.165) is 12.1 Å². The number of hydrogen-bond donors (Lipinski definition) is 0. The van der Waals surface area contributed by atoms with Gasteiger partial charge < -0.3 is 0 Å². The van der Waals surface area contributed by atoms with E-state index in [1.54, 1.807) is 0 Å². The van der Waals surface area contributed by atoms with Gasteiger partial charge in [0.1, 0.15) is 0 Å². The minimum atomic E-state index is -1.36. The highest BCUT2D eigenvalue weighted by molar-refractivity contribution is 6.78. The Morgan fingerprint density at radius 2 is 1.68 bits per heavy atom. The molecule has 0 N–H and O–H groups in total. The van der Waals surface area contributed by atoms with Gasteiger partial charge in [-0.3, -0.25) is 14.5 Å². The van der Waals surface area contributed by atoms with Crippen LogP contribution in [0, 0.1) is 11.8 Å². The second kappa shape index (κ2) is 4.03. The smallest absolute Gasteiger partial charge is 0.237 e. The number of imide groups is 1. The quantitative estimate of drug-likeness (QED) is 0.614. The highest BCUT2D eigenvalue weighted by Crippen LogP contribution is 2.55. The third kappa shape index (κ3) is 1.77. The van der Waals surface area contributed by atoms with Crippen LogP contribution in [-0.4, -0.2) is 19.9 Å². The summed E-state index contributed by atoms with van der Waals surface area (Å²) in [6.07, 6.45) is 0.911. The SMILES string of the molecule is C[Si](C)(C)[C@H]1C[C@@H]2C(=O)N(c3ccccc3)C(=O)[C@@H]21. The summed E-state index contributed by atoms with van der Waals surface area (Å²) in [6, 6.07) is 9.31. The number of rotatable bonds is 2. The molecular formula is C15H19NO2Si. The summed E-state index contributed by atoms with van der Waals surface area (Å²) in [7, 11) is -1.36. The molecular weight excluding hydrogens is 254 g/mol. The van der Waals surface area contributed by atoms with Crippen LogP contribution in [0.2, 0.25) is 25.2 Å². The predicted molar refractivity (Wildman–Crippen MR) is 77.6 cm³/mol. The van der Waals surface area contributed by atoms with Crippen molar-refractivity contribution < 1.29 is 9.59 Å². The highest BCUT2D eigenvalue weighted by Gasteiger charge is 2.61. The molecule has 0 radical (unpaired) electrons. The summed E-state index contributed by atoms with van der Waals surface area (Å²) >= 11 is 0.